The van der Waals surface area contributed by atoms with E-state index in [1.165, 1.54) is 0 Å². The fourth-order valence-corrected chi connectivity index (χ4v) is 6.00. The van der Waals surface area contributed by atoms with Crippen LogP contribution >= 0.6 is 38.9 Å². The molecule has 96 valence electrons. The standard InChI is InChI=1S/C10H13BrClNO2S2/c1-13-9(6-2-3-17(14,15)5-6)8-4-7(12)10(11)16-8/h4,6,9,13H,2-3,5H2,1H3. The summed E-state index contributed by atoms with van der Waals surface area (Å²) in [5, 5.41) is 3.89. The van der Waals surface area contributed by atoms with E-state index in [9.17, 15) is 8.42 Å². The Kier molecular flexibility index (Phi) is 4.20. The Balaban J connectivity index is 2.23. The SMILES string of the molecule is CNC(c1cc(Cl)c(Br)s1)C1CCS(=O)(=O)C1. The molecule has 1 saturated heterocycles. The van der Waals surface area contributed by atoms with Crippen LogP contribution in [0.1, 0.15) is 17.3 Å². The van der Waals surface area contributed by atoms with E-state index < -0.39 is 9.84 Å². The van der Waals surface area contributed by atoms with Gasteiger partial charge < -0.3 is 5.32 Å². The summed E-state index contributed by atoms with van der Waals surface area (Å²) >= 11 is 11.0. The van der Waals surface area contributed by atoms with Crippen molar-refractivity contribution in [2.75, 3.05) is 18.6 Å². The predicted molar refractivity (Wildman–Crippen MR) is 75.6 cm³/mol. The number of hydrogen-bond donors (Lipinski definition) is 1. The van der Waals surface area contributed by atoms with Crippen molar-refractivity contribution in [1.82, 2.24) is 5.32 Å². The molecule has 0 spiro atoms. The summed E-state index contributed by atoms with van der Waals surface area (Å²) < 4.78 is 23.9. The molecule has 1 aromatic heterocycles. The second-order valence-corrected chi connectivity index (χ2v) is 9.24. The molecule has 0 saturated carbocycles. The fraction of sp³-hybridized carbons (Fsp3) is 0.600. The highest BCUT2D eigenvalue weighted by molar-refractivity contribution is 9.11. The van der Waals surface area contributed by atoms with Gasteiger partial charge in [-0.15, -0.1) is 11.3 Å². The maximum absolute atomic E-state index is 11.5. The van der Waals surface area contributed by atoms with Crippen molar-refractivity contribution in [3.05, 3.63) is 19.8 Å². The predicted octanol–water partition coefficient (Wildman–Crippen LogP) is 2.86. The zero-order valence-electron chi connectivity index (χ0n) is 9.24. The summed E-state index contributed by atoms with van der Waals surface area (Å²) in [6, 6.07) is 1.98. The number of halogens is 2. The molecule has 0 aromatic carbocycles. The summed E-state index contributed by atoms with van der Waals surface area (Å²) in [6.45, 7) is 0. The first-order valence-electron chi connectivity index (χ1n) is 5.25. The zero-order chi connectivity index (χ0) is 12.6. The quantitative estimate of drug-likeness (QED) is 0.903. The smallest absolute Gasteiger partial charge is 0.150 e. The molecule has 1 N–H and O–H groups in total. The molecule has 2 rings (SSSR count). The van der Waals surface area contributed by atoms with E-state index in [0.717, 1.165) is 15.1 Å². The second kappa shape index (κ2) is 5.17. The molecule has 0 radical (unpaired) electrons. The largest absolute Gasteiger partial charge is 0.312 e. The highest BCUT2D eigenvalue weighted by Crippen LogP contribution is 2.39. The summed E-state index contributed by atoms with van der Waals surface area (Å²) in [7, 11) is -0.984. The van der Waals surface area contributed by atoms with Crippen LogP contribution in [0.5, 0.6) is 0 Å². The summed E-state index contributed by atoms with van der Waals surface area (Å²) in [5.74, 6) is 0.716. The van der Waals surface area contributed by atoms with Crippen LogP contribution < -0.4 is 5.32 Å². The van der Waals surface area contributed by atoms with Gasteiger partial charge in [0.2, 0.25) is 0 Å². The average molecular weight is 359 g/mol. The minimum atomic E-state index is -2.84. The van der Waals surface area contributed by atoms with Gasteiger partial charge in [-0.05, 0) is 41.4 Å². The second-order valence-electron chi connectivity index (χ2n) is 4.20. The van der Waals surface area contributed by atoms with E-state index in [1.807, 2.05) is 13.1 Å². The number of thiophene rings is 1. The lowest BCUT2D eigenvalue weighted by atomic mass is 9.98. The van der Waals surface area contributed by atoms with E-state index in [2.05, 4.69) is 21.2 Å². The molecular weight excluding hydrogens is 346 g/mol. The van der Waals surface area contributed by atoms with Crippen molar-refractivity contribution >= 4 is 48.7 Å². The van der Waals surface area contributed by atoms with Crippen molar-refractivity contribution in [2.24, 2.45) is 5.92 Å². The van der Waals surface area contributed by atoms with Gasteiger partial charge in [0.1, 0.15) is 0 Å². The molecule has 17 heavy (non-hydrogen) atoms. The molecule has 1 aromatic rings. The fourth-order valence-electron chi connectivity index (χ4n) is 2.21. The molecule has 0 amide bonds. The van der Waals surface area contributed by atoms with Crippen LogP contribution in [0.15, 0.2) is 9.85 Å². The zero-order valence-corrected chi connectivity index (χ0v) is 13.2. The van der Waals surface area contributed by atoms with Crippen LogP contribution in [0.4, 0.5) is 0 Å². The van der Waals surface area contributed by atoms with E-state index >= 15 is 0 Å². The number of hydrogen-bond acceptors (Lipinski definition) is 4. The highest BCUT2D eigenvalue weighted by Gasteiger charge is 2.34. The van der Waals surface area contributed by atoms with E-state index in [1.54, 1.807) is 11.3 Å². The molecule has 1 fully saturated rings. The Morgan fingerprint density at radius 1 is 1.65 bits per heavy atom. The van der Waals surface area contributed by atoms with Crippen molar-refractivity contribution < 1.29 is 8.42 Å². The third-order valence-electron chi connectivity index (χ3n) is 3.02. The van der Waals surface area contributed by atoms with Gasteiger partial charge >= 0.3 is 0 Å². The van der Waals surface area contributed by atoms with E-state index in [-0.39, 0.29) is 17.7 Å². The van der Waals surface area contributed by atoms with Crippen LogP contribution in [0.2, 0.25) is 5.02 Å². The molecular formula is C10H13BrClNO2S2. The van der Waals surface area contributed by atoms with Crippen LogP contribution in [0.3, 0.4) is 0 Å². The molecule has 7 heteroatoms. The molecule has 0 bridgehead atoms. The molecule has 2 atom stereocenters. The topological polar surface area (TPSA) is 46.2 Å². The van der Waals surface area contributed by atoms with Gasteiger partial charge in [-0.2, -0.15) is 0 Å². The maximum atomic E-state index is 11.5. The molecule has 0 aliphatic carbocycles. The number of rotatable bonds is 3. The third kappa shape index (κ3) is 3.04. The van der Waals surface area contributed by atoms with E-state index in [0.29, 0.717) is 10.8 Å². The van der Waals surface area contributed by atoms with Crippen LogP contribution in [0.25, 0.3) is 0 Å². The van der Waals surface area contributed by atoms with Gasteiger partial charge in [0.15, 0.2) is 9.84 Å². The van der Waals surface area contributed by atoms with Crippen LogP contribution in [-0.2, 0) is 9.84 Å². The lowest BCUT2D eigenvalue weighted by molar-refractivity contribution is 0.424. The lowest BCUT2D eigenvalue weighted by Crippen LogP contribution is -2.25. The first kappa shape index (κ1) is 13.8. The minimum Gasteiger partial charge on any atom is -0.312 e. The molecule has 1 aliphatic heterocycles. The van der Waals surface area contributed by atoms with Gasteiger partial charge in [0.05, 0.1) is 20.3 Å². The average Bonchev–Trinajstić information content (AvgIpc) is 2.73. The van der Waals surface area contributed by atoms with Gasteiger partial charge in [-0.25, -0.2) is 8.42 Å². The summed E-state index contributed by atoms with van der Waals surface area (Å²) in [5.41, 5.74) is 0. The van der Waals surface area contributed by atoms with Crippen LogP contribution in [-0.4, -0.2) is 27.0 Å². The maximum Gasteiger partial charge on any atom is 0.150 e. The van der Waals surface area contributed by atoms with Gasteiger partial charge in [0, 0.05) is 10.9 Å². The van der Waals surface area contributed by atoms with Crippen molar-refractivity contribution in [3.63, 3.8) is 0 Å². The third-order valence-corrected chi connectivity index (χ3v) is 7.37. The minimum absolute atomic E-state index is 0.0704. The molecule has 2 unspecified atom stereocenters. The number of nitrogens with one attached hydrogen (secondary N) is 1. The van der Waals surface area contributed by atoms with Gasteiger partial charge in [-0.3, -0.25) is 0 Å². The van der Waals surface area contributed by atoms with Crippen molar-refractivity contribution in [2.45, 2.75) is 12.5 Å². The molecule has 1 aliphatic rings. The number of sulfone groups is 1. The Morgan fingerprint density at radius 2 is 2.35 bits per heavy atom. The van der Waals surface area contributed by atoms with Gasteiger partial charge in [-0.1, -0.05) is 11.6 Å². The highest BCUT2D eigenvalue weighted by atomic mass is 79.9. The van der Waals surface area contributed by atoms with E-state index in [4.69, 9.17) is 11.6 Å². The van der Waals surface area contributed by atoms with Crippen LogP contribution in [0, 0.1) is 5.92 Å². The van der Waals surface area contributed by atoms with Gasteiger partial charge in [0.25, 0.3) is 0 Å². The van der Waals surface area contributed by atoms with Crippen molar-refractivity contribution in [1.29, 1.82) is 0 Å². The summed E-state index contributed by atoms with van der Waals surface area (Å²) in [4.78, 5) is 1.09. The Labute approximate surface area is 119 Å². The summed E-state index contributed by atoms with van der Waals surface area (Å²) in [6.07, 6.45) is 0.723. The Hall–Kier alpha value is 0.380. The molecule has 3 nitrogen and oxygen atoms in total. The first-order valence-corrected chi connectivity index (χ1v) is 9.06. The van der Waals surface area contributed by atoms with Crippen molar-refractivity contribution in [3.8, 4) is 0 Å². The Morgan fingerprint density at radius 3 is 2.76 bits per heavy atom. The monoisotopic (exact) mass is 357 g/mol. The lowest BCUT2D eigenvalue weighted by Gasteiger charge is -2.20. The Bertz CT molecular complexity index is 495. The molecule has 2 heterocycles. The normalized spacial score (nSPS) is 25.0. The first-order chi connectivity index (χ1) is 7.93.